The van der Waals surface area contributed by atoms with Crippen LogP contribution in [0.25, 0.3) is 0 Å². The van der Waals surface area contributed by atoms with E-state index >= 15 is 0 Å². The van der Waals surface area contributed by atoms with Crippen LogP contribution >= 0.6 is 0 Å². The lowest BCUT2D eigenvalue weighted by atomic mass is 10.3. The van der Waals surface area contributed by atoms with Crippen molar-refractivity contribution in [3.05, 3.63) is 18.0 Å². The van der Waals surface area contributed by atoms with Gasteiger partial charge in [-0.15, -0.1) is 0 Å². The van der Waals surface area contributed by atoms with Gasteiger partial charge in [-0.1, -0.05) is 0 Å². The quantitative estimate of drug-likeness (QED) is 0.816. The normalized spacial score (nSPS) is 15.9. The summed E-state index contributed by atoms with van der Waals surface area (Å²) in [6, 6.07) is 0.845. The topological polar surface area (TPSA) is 58.6 Å². The molecule has 2 rings (SSSR count). The molecule has 1 aliphatic heterocycles. The molecular weight excluding hydrogens is 325 g/mol. The average molecular weight is 346 g/mol. The molecule has 1 amide bonds. The standard InChI is InChI=1S/C15H21F3N4O2/c1-11(2)24-10-4-13(23)21-6-8-22(9-7-21)14-19-5-3-12(20-14)15(16,17)18/h3,5,11H,4,6-10H2,1-2H3. The van der Waals surface area contributed by atoms with Crippen LogP contribution in [0.1, 0.15) is 26.0 Å². The van der Waals surface area contributed by atoms with E-state index < -0.39 is 11.9 Å². The highest BCUT2D eigenvalue weighted by Gasteiger charge is 2.33. The fraction of sp³-hybridized carbons (Fsp3) is 0.667. The van der Waals surface area contributed by atoms with Crippen molar-refractivity contribution in [3.63, 3.8) is 0 Å². The highest BCUT2D eigenvalue weighted by atomic mass is 19.4. The van der Waals surface area contributed by atoms with E-state index in [-0.39, 0.29) is 18.0 Å². The predicted octanol–water partition coefficient (Wildman–Crippen LogP) is 1.96. The van der Waals surface area contributed by atoms with Crippen LogP contribution in [0.2, 0.25) is 0 Å². The van der Waals surface area contributed by atoms with Crippen LogP contribution < -0.4 is 4.90 Å². The van der Waals surface area contributed by atoms with Gasteiger partial charge >= 0.3 is 6.18 Å². The van der Waals surface area contributed by atoms with Gasteiger partial charge in [0.25, 0.3) is 0 Å². The number of anilines is 1. The number of piperazine rings is 1. The van der Waals surface area contributed by atoms with E-state index in [1.165, 1.54) is 0 Å². The zero-order chi connectivity index (χ0) is 17.7. The third-order valence-corrected chi connectivity index (χ3v) is 3.62. The minimum absolute atomic E-state index is 0.0136. The van der Waals surface area contributed by atoms with Gasteiger partial charge in [0.15, 0.2) is 0 Å². The molecule has 0 aliphatic carbocycles. The van der Waals surface area contributed by atoms with Crippen LogP contribution in [0.5, 0.6) is 0 Å². The third-order valence-electron chi connectivity index (χ3n) is 3.62. The lowest BCUT2D eigenvalue weighted by Crippen LogP contribution is -2.49. The molecule has 0 aromatic carbocycles. The maximum Gasteiger partial charge on any atom is 0.433 e. The Hall–Kier alpha value is -1.90. The number of aromatic nitrogens is 2. The number of nitrogens with zero attached hydrogens (tertiary/aromatic N) is 4. The van der Waals surface area contributed by atoms with Crippen molar-refractivity contribution in [2.45, 2.75) is 32.5 Å². The Morgan fingerprint density at radius 1 is 1.29 bits per heavy atom. The number of carbonyl (C=O) groups excluding carboxylic acids is 1. The third kappa shape index (κ3) is 5.05. The second-order valence-corrected chi connectivity index (χ2v) is 5.78. The summed E-state index contributed by atoms with van der Waals surface area (Å²) in [5.74, 6) is 0.0281. The lowest BCUT2D eigenvalue weighted by molar-refractivity contribution is -0.141. The molecule has 1 aliphatic rings. The molecule has 0 atom stereocenters. The van der Waals surface area contributed by atoms with E-state index in [0.29, 0.717) is 39.2 Å². The van der Waals surface area contributed by atoms with Gasteiger partial charge in [-0.3, -0.25) is 4.79 Å². The summed E-state index contributed by atoms with van der Waals surface area (Å²) >= 11 is 0. The van der Waals surface area contributed by atoms with Crippen LogP contribution in [0, 0.1) is 0 Å². The van der Waals surface area contributed by atoms with Crippen molar-refractivity contribution in [1.82, 2.24) is 14.9 Å². The molecule has 0 radical (unpaired) electrons. The summed E-state index contributed by atoms with van der Waals surface area (Å²) in [7, 11) is 0. The number of alkyl halides is 3. The Bertz CT molecular complexity index is 558. The van der Waals surface area contributed by atoms with Crippen LogP contribution in [0.4, 0.5) is 19.1 Å². The number of amides is 1. The smallest absolute Gasteiger partial charge is 0.378 e. The van der Waals surface area contributed by atoms with Gasteiger partial charge < -0.3 is 14.5 Å². The van der Waals surface area contributed by atoms with Crippen molar-refractivity contribution in [2.75, 3.05) is 37.7 Å². The van der Waals surface area contributed by atoms with E-state index in [0.717, 1.165) is 12.3 Å². The highest BCUT2D eigenvalue weighted by molar-refractivity contribution is 5.76. The van der Waals surface area contributed by atoms with Crippen LogP contribution in [0.15, 0.2) is 12.3 Å². The van der Waals surface area contributed by atoms with Gasteiger partial charge in [-0.05, 0) is 19.9 Å². The van der Waals surface area contributed by atoms with Crippen LogP contribution in [-0.4, -0.2) is 59.7 Å². The molecule has 24 heavy (non-hydrogen) atoms. The summed E-state index contributed by atoms with van der Waals surface area (Å²) in [5, 5.41) is 0. The van der Waals surface area contributed by atoms with E-state index in [2.05, 4.69) is 9.97 Å². The van der Waals surface area contributed by atoms with Gasteiger partial charge in [0.1, 0.15) is 5.69 Å². The molecule has 1 aromatic heterocycles. The Balaban J connectivity index is 1.87. The summed E-state index contributed by atoms with van der Waals surface area (Å²) in [6.07, 6.45) is -3.01. The molecule has 0 spiro atoms. The molecule has 9 heteroatoms. The summed E-state index contributed by atoms with van der Waals surface area (Å²) in [6.45, 7) is 5.83. The molecule has 0 N–H and O–H groups in total. The second kappa shape index (κ2) is 7.78. The molecule has 1 aromatic rings. The summed E-state index contributed by atoms with van der Waals surface area (Å²) in [4.78, 5) is 22.9. The van der Waals surface area contributed by atoms with E-state index in [4.69, 9.17) is 4.74 Å². The van der Waals surface area contributed by atoms with Gasteiger partial charge in [0.05, 0.1) is 19.1 Å². The summed E-state index contributed by atoms with van der Waals surface area (Å²) < 4.78 is 43.5. The van der Waals surface area contributed by atoms with Gasteiger partial charge in [0.2, 0.25) is 11.9 Å². The van der Waals surface area contributed by atoms with Crippen molar-refractivity contribution < 1.29 is 22.7 Å². The highest BCUT2D eigenvalue weighted by Crippen LogP contribution is 2.28. The van der Waals surface area contributed by atoms with Gasteiger partial charge in [-0.25, -0.2) is 9.97 Å². The van der Waals surface area contributed by atoms with Gasteiger partial charge in [0, 0.05) is 32.4 Å². The number of ether oxygens (including phenoxy) is 1. The Morgan fingerprint density at radius 3 is 2.54 bits per heavy atom. The largest absolute Gasteiger partial charge is 0.433 e. The lowest BCUT2D eigenvalue weighted by Gasteiger charge is -2.35. The van der Waals surface area contributed by atoms with Crippen LogP contribution in [0.3, 0.4) is 0 Å². The van der Waals surface area contributed by atoms with Crippen molar-refractivity contribution in [3.8, 4) is 0 Å². The molecule has 6 nitrogen and oxygen atoms in total. The Labute approximate surface area is 138 Å². The van der Waals surface area contributed by atoms with Crippen molar-refractivity contribution in [2.24, 2.45) is 0 Å². The maximum absolute atomic E-state index is 12.7. The maximum atomic E-state index is 12.7. The monoisotopic (exact) mass is 346 g/mol. The molecule has 0 saturated carbocycles. The first-order valence-electron chi connectivity index (χ1n) is 7.82. The number of carbonyl (C=O) groups is 1. The molecule has 1 fully saturated rings. The molecular formula is C15H21F3N4O2. The average Bonchev–Trinajstić information content (AvgIpc) is 2.54. The number of hydrogen-bond acceptors (Lipinski definition) is 5. The fourth-order valence-electron chi connectivity index (χ4n) is 2.35. The van der Waals surface area contributed by atoms with Crippen molar-refractivity contribution >= 4 is 11.9 Å². The predicted molar refractivity (Wildman–Crippen MR) is 81.5 cm³/mol. The van der Waals surface area contributed by atoms with E-state index in [1.807, 2.05) is 13.8 Å². The second-order valence-electron chi connectivity index (χ2n) is 5.78. The van der Waals surface area contributed by atoms with Crippen LogP contribution in [-0.2, 0) is 15.7 Å². The Kier molecular flexibility index (Phi) is 5.98. The number of halogens is 3. The Morgan fingerprint density at radius 2 is 1.96 bits per heavy atom. The first kappa shape index (κ1) is 18.4. The molecule has 0 bridgehead atoms. The zero-order valence-corrected chi connectivity index (χ0v) is 13.7. The minimum atomic E-state index is -4.49. The summed E-state index contributed by atoms with van der Waals surface area (Å²) in [5.41, 5.74) is -0.961. The first-order valence-corrected chi connectivity index (χ1v) is 7.82. The van der Waals surface area contributed by atoms with E-state index in [9.17, 15) is 18.0 Å². The van der Waals surface area contributed by atoms with Crippen molar-refractivity contribution in [1.29, 1.82) is 0 Å². The molecule has 0 unspecified atom stereocenters. The zero-order valence-electron chi connectivity index (χ0n) is 13.7. The van der Waals surface area contributed by atoms with E-state index in [1.54, 1.807) is 9.80 Å². The SMILES string of the molecule is CC(C)OCCC(=O)N1CCN(c2nccc(C(F)(F)F)n2)CC1. The molecule has 134 valence electrons. The number of rotatable bonds is 5. The number of hydrogen-bond donors (Lipinski definition) is 0. The fourth-order valence-corrected chi connectivity index (χ4v) is 2.35. The minimum Gasteiger partial charge on any atom is -0.378 e. The van der Waals surface area contributed by atoms with Gasteiger partial charge in [-0.2, -0.15) is 13.2 Å². The molecule has 1 saturated heterocycles. The molecule has 2 heterocycles. The first-order chi connectivity index (χ1) is 11.3.